The first-order chi connectivity index (χ1) is 9.54. The maximum absolute atomic E-state index is 5.03. The molecule has 0 aromatic carbocycles. The fourth-order valence-electron chi connectivity index (χ4n) is 2.00. The van der Waals surface area contributed by atoms with Crippen LogP contribution in [-0.2, 0) is 17.7 Å². The van der Waals surface area contributed by atoms with Crippen LogP contribution >= 0.6 is 15.9 Å². The Balaban J connectivity index is 2.46. The molecule has 116 valence electrons. The molecule has 0 saturated heterocycles. The van der Waals surface area contributed by atoms with Gasteiger partial charge in [0.1, 0.15) is 0 Å². The van der Waals surface area contributed by atoms with E-state index in [0.717, 1.165) is 43.7 Å². The van der Waals surface area contributed by atoms with E-state index < -0.39 is 0 Å². The lowest BCUT2D eigenvalue weighted by Gasteiger charge is -2.16. The quantitative estimate of drug-likeness (QED) is 0.653. The normalized spacial score (nSPS) is 13.1. The molecule has 0 saturated carbocycles. The first-order valence-corrected chi connectivity index (χ1v) is 7.88. The van der Waals surface area contributed by atoms with Gasteiger partial charge in [0.2, 0.25) is 0 Å². The van der Waals surface area contributed by atoms with Crippen LogP contribution in [0.4, 0.5) is 0 Å². The molecule has 1 unspecified atom stereocenters. The summed E-state index contributed by atoms with van der Waals surface area (Å²) in [7, 11) is 5.90. The van der Waals surface area contributed by atoms with E-state index in [1.807, 2.05) is 6.20 Å². The SMILES string of the molecule is COCCNCC(C)Cc1c(Br)cnn1CCN(C)C. The van der Waals surface area contributed by atoms with E-state index in [9.17, 15) is 0 Å². The van der Waals surface area contributed by atoms with Crippen LogP contribution in [0.25, 0.3) is 0 Å². The first kappa shape index (κ1) is 17.6. The van der Waals surface area contributed by atoms with Gasteiger partial charge >= 0.3 is 0 Å². The lowest BCUT2D eigenvalue weighted by atomic mass is 10.1. The highest BCUT2D eigenvalue weighted by Crippen LogP contribution is 2.19. The number of nitrogens with zero attached hydrogens (tertiary/aromatic N) is 3. The lowest BCUT2D eigenvalue weighted by Crippen LogP contribution is -2.27. The summed E-state index contributed by atoms with van der Waals surface area (Å²) in [5.41, 5.74) is 1.29. The third kappa shape index (κ3) is 6.35. The van der Waals surface area contributed by atoms with Gasteiger partial charge in [-0.2, -0.15) is 5.10 Å². The molecule has 1 N–H and O–H groups in total. The number of aromatic nitrogens is 2. The van der Waals surface area contributed by atoms with Gasteiger partial charge < -0.3 is 15.0 Å². The highest BCUT2D eigenvalue weighted by atomic mass is 79.9. The molecule has 0 aliphatic carbocycles. The molecule has 0 aliphatic rings. The van der Waals surface area contributed by atoms with Crippen molar-refractivity contribution >= 4 is 15.9 Å². The molecule has 0 radical (unpaired) electrons. The Labute approximate surface area is 130 Å². The van der Waals surface area contributed by atoms with Crippen molar-refractivity contribution in [2.45, 2.75) is 19.9 Å². The Kier molecular flexibility index (Phi) is 8.37. The molecule has 0 amide bonds. The fraction of sp³-hybridized carbons (Fsp3) is 0.786. The molecule has 1 heterocycles. The summed E-state index contributed by atoms with van der Waals surface area (Å²) in [6.07, 6.45) is 2.92. The molecule has 0 bridgehead atoms. The van der Waals surface area contributed by atoms with Gasteiger partial charge in [0, 0.05) is 20.2 Å². The number of nitrogens with one attached hydrogen (secondary N) is 1. The largest absolute Gasteiger partial charge is 0.383 e. The van der Waals surface area contributed by atoms with Gasteiger partial charge in [0.05, 0.1) is 29.5 Å². The lowest BCUT2D eigenvalue weighted by molar-refractivity contribution is 0.198. The summed E-state index contributed by atoms with van der Waals surface area (Å²) in [5.74, 6) is 0.568. The van der Waals surface area contributed by atoms with Gasteiger partial charge in [-0.05, 0) is 48.9 Å². The minimum atomic E-state index is 0.568. The van der Waals surface area contributed by atoms with Crippen LogP contribution in [0.5, 0.6) is 0 Å². The van der Waals surface area contributed by atoms with E-state index >= 15 is 0 Å². The zero-order valence-electron chi connectivity index (χ0n) is 13.0. The van der Waals surface area contributed by atoms with E-state index in [1.54, 1.807) is 7.11 Å². The van der Waals surface area contributed by atoms with Crippen molar-refractivity contribution in [1.29, 1.82) is 0 Å². The minimum absolute atomic E-state index is 0.568. The number of methoxy groups -OCH3 is 1. The molecule has 1 atom stereocenters. The smallest absolute Gasteiger partial charge is 0.0635 e. The second kappa shape index (κ2) is 9.50. The average molecular weight is 347 g/mol. The minimum Gasteiger partial charge on any atom is -0.383 e. The Hall–Kier alpha value is -0.430. The number of halogens is 1. The zero-order chi connectivity index (χ0) is 15.0. The van der Waals surface area contributed by atoms with Crippen molar-refractivity contribution in [2.75, 3.05) is 47.4 Å². The molecular formula is C14H27BrN4O. The highest BCUT2D eigenvalue weighted by Gasteiger charge is 2.12. The van der Waals surface area contributed by atoms with Crippen LogP contribution in [0.3, 0.4) is 0 Å². The summed E-state index contributed by atoms with van der Waals surface area (Å²) < 4.78 is 8.25. The Morgan fingerprint density at radius 1 is 1.50 bits per heavy atom. The molecule has 6 heteroatoms. The molecule has 20 heavy (non-hydrogen) atoms. The topological polar surface area (TPSA) is 42.3 Å². The molecule has 0 fully saturated rings. The van der Waals surface area contributed by atoms with Crippen LogP contribution in [0, 0.1) is 5.92 Å². The highest BCUT2D eigenvalue weighted by molar-refractivity contribution is 9.10. The van der Waals surface area contributed by atoms with Crippen molar-refractivity contribution in [3.05, 3.63) is 16.4 Å². The van der Waals surface area contributed by atoms with Crippen LogP contribution in [0.2, 0.25) is 0 Å². The predicted molar refractivity (Wildman–Crippen MR) is 86.1 cm³/mol. The van der Waals surface area contributed by atoms with Crippen molar-refractivity contribution in [3.8, 4) is 0 Å². The molecule has 0 aliphatic heterocycles. The van der Waals surface area contributed by atoms with E-state index in [-0.39, 0.29) is 0 Å². The average Bonchev–Trinajstić information content (AvgIpc) is 2.74. The van der Waals surface area contributed by atoms with Crippen LogP contribution < -0.4 is 5.32 Å². The summed E-state index contributed by atoms with van der Waals surface area (Å²) in [4.78, 5) is 2.18. The maximum Gasteiger partial charge on any atom is 0.0635 e. The molecule has 1 rings (SSSR count). The number of hydrogen-bond donors (Lipinski definition) is 1. The van der Waals surface area contributed by atoms with Gasteiger partial charge in [-0.25, -0.2) is 0 Å². The predicted octanol–water partition coefficient (Wildman–Crippen LogP) is 1.62. The van der Waals surface area contributed by atoms with Crippen LogP contribution in [0.1, 0.15) is 12.6 Å². The van der Waals surface area contributed by atoms with Gasteiger partial charge in [-0.3, -0.25) is 4.68 Å². The summed E-state index contributed by atoms with van der Waals surface area (Å²) in [6, 6.07) is 0. The first-order valence-electron chi connectivity index (χ1n) is 7.09. The summed E-state index contributed by atoms with van der Waals surface area (Å²) in [5, 5.41) is 7.86. The van der Waals surface area contributed by atoms with E-state index in [1.165, 1.54) is 5.69 Å². The zero-order valence-corrected chi connectivity index (χ0v) is 14.6. The number of hydrogen-bond acceptors (Lipinski definition) is 4. The molecule has 5 nitrogen and oxygen atoms in total. The van der Waals surface area contributed by atoms with Gasteiger partial charge in [0.15, 0.2) is 0 Å². The summed E-state index contributed by atoms with van der Waals surface area (Å²) >= 11 is 3.61. The van der Waals surface area contributed by atoms with Crippen molar-refractivity contribution in [1.82, 2.24) is 20.0 Å². The molecule has 0 spiro atoms. The Bertz CT molecular complexity index is 381. The third-order valence-electron chi connectivity index (χ3n) is 3.17. The number of likely N-dealkylation sites (N-methyl/N-ethyl adjacent to an activating group) is 1. The van der Waals surface area contributed by atoms with Crippen molar-refractivity contribution < 1.29 is 4.74 Å². The van der Waals surface area contributed by atoms with Crippen molar-refractivity contribution in [2.24, 2.45) is 5.92 Å². The van der Waals surface area contributed by atoms with E-state index in [0.29, 0.717) is 5.92 Å². The van der Waals surface area contributed by atoms with E-state index in [4.69, 9.17) is 4.74 Å². The third-order valence-corrected chi connectivity index (χ3v) is 3.84. The Morgan fingerprint density at radius 2 is 2.25 bits per heavy atom. The maximum atomic E-state index is 5.03. The van der Waals surface area contributed by atoms with E-state index in [2.05, 4.69) is 56.9 Å². The molecular weight excluding hydrogens is 320 g/mol. The van der Waals surface area contributed by atoms with Gasteiger partial charge in [-0.15, -0.1) is 0 Å². The second-order valence-corrected chi connectivity index (χ2v) is 6.33. The molecule has 1 aromatic heterocycles. The second-order valence-electron chi connectivity index (χ2n) is 5.47. The number of ether oxygens (including phenoxy) is 1. The monoisotopic (exact) mass is 346 g/mol. The molecule has 1 aromatic rings. The van der Waals surface area contributed by atoms with Crippen molar-refractivity contribution in [3.63, 3.8) is 0 Å². The Morgan fingerprint density at radius 3 is 2.90 bits per heavy atom. The van der Waals surface area contributed by atoms with Crippen LogP contribution in [0.15, 0.2) is 10.7 Å². The van der Waals surface area contributed by atoms with Crippen LogP contribution in [-0.4, -0.2) is 62.1 Å². The standard InChI is InChI=1S/C14H27BrN4O/c1-12(10-16-5-8-20-4)9-14-13(15)11-17-19(14)7-6-18(2)3/h11-12,16H,5-10H2,1-4H3. The fourth-order valence-corrected chi connectivity index (χ4v) is 2.46. The van der Waals surface area contributed by atoms with Gasteiger partial charge in [-0.1, -0.05) is 6.92 Å². The van der Waals surface area contributed by atoms with Gasteiger partial charge in [0.25, 0.3) is 0 Å². The number of rotatable bonds is 10. The summed E-state index contributed by atoms with van der Waals surface area (Å²) in [6.45, 7) is 6.85.